The molecule has 2 aromatic rings. The second-order valence-electron chi connectivity index (χ2n) is 9.20. The Labute approximate surface area is 183 Å². The van der Waals surface area contributed by atoms with E-state index in [0.717, 1.165) is 36.3 Å². The lowest BCUT2D eigenvalue weighted by Gasteiger charge is -2.28. The van der Waals surface area contributed by atoms with Gasteiger partial charge in [-0.1, -0.05) is 89.3 Å². The number of aryl methyl sites for hydroxylation is 1. The summed E-state index contributed by atoms with van der Waals surface area (Å²) >= 11 is 0. The number of hydrogen-bond donors (Lipinski definition) is 0. The zero-order chi connectivity index (χ0) is 22.2. The highest BCUT2D eigenvalue weighted by atomic mass is 19.3. The van der Waals surface area contributed by atoms with Crippen molar-refractivity contribution in [1.29, 1.82) is 0 Å². The number of rotatable bonds is 10. The average Bonchev–Trinajstić information content (AvgIpc) is 2.75. The Kier molecular flexibility index (Phi) is 8.98. The summed E-state index contributed by atoms with van der Waals surface area (Å²) in [5.41, 5.74) is 0.367. The van der Waals surface area contributed by atoms with Crippen molar-refractivity contribution in [2.75, 3.05) is 0 Å². The van der Waals surface area contributed by atoms with E-state index >= 15 is 0 Å². The maximum absolute atomic E-state index is 14.5. The molecule has 0 saturated heterocycles. The zero-order valence-electron chi connectivity index (χ0n) is 18.5. The van der Waals surface area contributed by atoms with Crippen molar-refractivity contribution in [3.63, 3.8) is 0 Å². The Hall–Kier alpha value is -1.84. The van der Waals surface area contributed by atoms with Crippen molar-refractivity contribution in [2.24, 2.45) is 11.8 Å². The smallest absolute Gasteiger partial charge is 0.206 e. The van der Waals surface area contributed by atoms with Crippen molar-refractivity contribution in [1.82, 2.24) is 0 Å². The number of halogens is 4. The van der Waals surface area contributed by atoms with Crippen LogP contribution in [0.15, 0.2) is 30.3 Å². The molecule has 0 heterocycles. The molecule has 4 heteroatoms. The van der Waals surface area contributed by atoms with Crippen LogP contribution in [0.5, 0.6) is 0 Å². The van der Waals surface area contributed by atoms with Crippen LogP contribution in [0, 0.1) is 23.5 Å². The van der Waals surface area contributed by atoms with Crippen LogP contribution in [0.1, 0.15) is 88.7 Å². The highest BCUT2D eigenvalue weighted by Crippen LogP contribution is 2.35. The summed E-state index contributed by atoms with van der Waals surface area (Å²) in [6.45, 7) is 2.25. The first-order valence-corrected chi connectivity index (χ1v) is 11.9. The highest BCUT2D eigenvalue weighted by molar-refractivity contribution is 5.86. The van der Waals surface area contributed by atoms with Gasteiger partial charge in [0.25, 0.3) is 6.08 Å². The summed E-state index contributed by atoms with van der Waals surface area (Å²) < 4.78 is 53.5. The molecule has 1 saturated carbocycles. The summed E-state index contributed by atoms with van der Waals surface area (Å²) in [5, 5.41) is 0.604. The number of fused-ring (bicyclic) bond motifs is 1. The third-order valence-corrected chi connectivity index (χ3v) is 6.91. The molecule has 0 radical (unpaired) electrons. The summed E-state index contributed by atoms with van der Waals surface area (Å²) in [6.07, 6.45) is 13.5. The van der Waals surface area contributed by atoms with Crippen molar-refractivity contribution in [2.45, 2.75) is 84.0 Å². The van der Waals surface area contributed by atoms with Crippen LogP contribution in [0.3, 0.4) is 0 Å². The normalized spacial score (nSPS) is 19.0. The molecule has 0 unspecified atom stereocenters. The molecule has 0 atom stereocenters. The van der Waals surface area contributed by atoms with E-state index in [0.29, 0.717) is 5.39 Å². The van der Waals surface area contributed by atoms with Gasteiger partial charge in [-0.25, -0.2) is 8.78 Å². The maximum Gasteiger partial charge on any atom is 0.271 e. The summed E-state index contributed by atoms with van der Waals surface area (Å²) in [4.78, 5) is 0. The minimum absolute atomic E-state index is 0.178. The number of hydrogen-bond acceptors (Lipinski definition) is 0. The molecule has 170 valence electrons. The van der Waals surface area contributed by atoms with Gasteiger partial charge >= 0.3 is 0 Å². The van der Waals surface area contributed by atoms with E-state index < -0.39 is 23.3 Å². The molecule has 0 nitrogen and oxygen atoms in total. The van der Waals surface area contributed by atoms with Crippen molar-refractivity contribution < 1.29 is 17.6 Å². The standard InChI is InChI=1S/C27H34F4/c1-2-3-4-5-6-7-19-8-10-20(11-9-19)12-13-21-14-15-23-22(16-21)17-25(28)24(27(23)31)18-26(29)30/h14-20H,2-13H2,1H3. The van der Waals surface area contributed by atoms with Gasteiger partial charge in [-0.15, -0.1) is 0 Å². The lowest BCUT2D eigenvalue weighted by atomic mass is 9.77. The molecule has 2 aromatic carbocycles. The molecule has 0 aliphatic heterocycles. The van der Waals surface area contributed by atoms with Gasteiger partial charge in [0, 0.05) is 11.5 Å². The molecular weight excluding hydrogens is 400 g/mol. The molecule has 0 spiro atoms. The van der Waals surface area contributed by atoms with E-state index in [9.17, 15) is 17.6 Å². The number of benzene rings is 2. The van der Waals surface area contributed by atoms with Crippen LogP contribution in [0.2, 0.25) is 0 Å². The molecule has 0 N–H and O–H groups in total. The molecule has 1 fully saturated rings. The van der Waals surface area contributed by atoms with Crippen LogP contribution >= 0.6 is 0 Å². The maximum atomic E-state index is 14.5. The van der Waals surface area contributed by atoms with Gasteiger partial charge in [0.15, 0.2) is 0 Å². The first kappa shape index (κ1) is 23.8. The monoisotopic (exact) mass is 434 g/mol. The molecule has 0 bridgehead atoms. The fourth-order valence-corrected chi connectivity index (χ4v) is 5.01. The Morgan fingerprint density at radius 2 is 1.58 bits per heavy atom. The van der Waals surface area contributed by atoms with Gasteiger partial charge < -0.3 is 0 Å². The third-order valence-electron chi connectivity index (χ3n) is 6.91. The van der Waals surface area contributed by atoms with E-state index in [4.69, 9.17) is 0 Å². The third kappa shape index (κ3) is 6.82. The van der Waals surface area contributed by atoms with Gasteiger partial charge in [-0.3, -0.25) is 0 Å². The van der Waals surface area contributed by atoms with Crippen LogP contribution in [0.25, 0.3) is 16.8 Å². The van der Waals surface area contributed by atoms with E-state index in [2.05, 4.69) is 6.92 Å². The fraction of sp³-hybridized carbons (Fsp3) is 0.556. The number of unbranched alkanes of at least 4 members (excludes halogenated alkanes) is 4. The molecular formula is C27H34F4. The Morgan fingerprint density at radius 3 is 2.26 bits per heavy atom. The minimum atomic E-state index is -2.11. The zero-order valence-corrected chi connectivity index (χ0v) is 18.5. The Morgan fingerprint density at radius 1 is 0.903 bits per heavy atom. The van der Waals surface area contributed by atoms with Crippen molar-refractivity contribution in [3.05, 3.63) is 53.1 Å². The first-order chi connectivity index (χ1) is 15.0. The van der Waals surface area contributed by atoms with Gasteiger partial charge in [0.1, 0.15) is 11.6 Å². The van der Waals surface area contributed by atoms with Gasteiger partial charge in [0.2, 0.25) is 0 Å². The second kappa shape index (κ2) is 11.7. The van der Waals surface area contributed by atoms with Crippen molar-refractivity contribution >= 4 is 16.8 Å². The topological polar surface area (TPSA) is 0 Å². The SMILES string of the molecule is CCCCCCCC1CCC(CCc2ccc3c(F)c(C=C(F)F)c(F)cc3c2)CC1. The second-order valence-corrected chi connectivity index (χ2v) is 9.20. The lowest BCUT2D eigenvalue weighted by Crippen LogP contribution is -2.15. The van der Waals surface area contributed by atoms with Gasteiger partial charge in [-0.2, -0.15) is 8.78 Å². The molecule has 1 aliphatic rings. The molecule has 3 rings (SSSR count). The molecule has 0 aromatic heterocycles. The minimum Gasteiger partial charge on any atom is -0.206 e. The Balaban J connectivity index is 1.51. The summed E-state index contributed by atoms with van der Waals surface area (Å²) in [6, 6.07) is 6.37. The largest absolute Gasteiger partial charge is 0.271 e. The van der Waals surface area contributed by atoms with E-state index in [1.54, 1.807) is 12.1 Å². The molecule has 31 heavy (non-hydrogen) atoms. The predicted molar refractivity (Wildman–Crippen MR) is 121 cm³/mol. The van der Waals surface area contributed by atoms with Crippen LogP contribution < -0.4 is 0 Å². The predicted octanol–water partition coefficient (Wildman–Crippen LogP) is 9.45. The molecule has 0 amide bonds. The van der Waals surface area contributed by atoms with E-state index in [1.165, 1.54) is 64.2 Å². The van der Waals surface area contributed by atoms with Gasteiger partial charge in [0.05, 0.1) is 5.56 Å². The van der Waals surface area contributed by atoms with E-state index in [1.807, 2.05) is 6.07 Å². The highest BCUT2D eigenvalue weighted by Gasteiger charge is 2.21. The van der Waals surface area contributed by atoms with Crippen LogP contribution in [-0.4, -0.2) is 0 Å². The van der Waals surface area contributed by atoms with Gasteiger partial charge in [-0.05, 0) is 41.7 Å². The van der Waals surface area contributed by atoms with Crippen LogP contribution in [0.4, 0.5) is 17.6 Å². The quantitative estimate of drug-likeness (QED) is 0.258. The lowest BCUT2D eigenvalue weighted by molar-refractivity contribution is 0.249. The Bertz CT molecular complexity index is 874. The molecule has 1 aliphatic carbocycles. The summed E-state index contributed by atoms with van der Waals surface area (Å²) in [5.74, 6) is -0.271. The first-order valence-electron chi connectivity index (χ1n) is 11.9. The van der Waals surface area contributed by atoms with E-state index in [-0.39, 0.29) is 11.5 Å². The summed E-state index contributed by atoms with van der Waals surface area (Å²) in [7, 11) is 0. The fourth-order valence-electron chi connectivity index (χ4n) is 5.01. The average molecular weight is 435 g/mol. The van der Waals surface area contributed by atoms with Crippen LogP contribution in [-0.2, 0) is 6.42 Å². The van der Waals surface area contributed by atoms with Crippen molar-refractivity contribution in [3.8, 4) is 0 Å².